The van der Waals surface area contributed by atoms with Crippen molar-refractivity contribution in [3.8, 4) is 0 Å². The number of halogens is 1. The van der Waals surface area contributed by atoms with Gasteiger partial charge < -0.3 is 5.73 Å². The number of nitrogens with zero attached hydrogens (tertiary/aromatic N) is 2. The zero-order valence-electron chi connectivity index (χ0n) is 12.0. The maximum absolute atomic E-state index is 13.0. The van der Waals surface area contributed by atoms with Crippen LogP contribution in [-0.4, -0.2) is 17.1 Å². The quantitative estimate of drug-likeness (QED) is 0.571. The van der Waals surface area contributed by atoms with E-state index in [1.54, 1.807) is 12.1 Å². The van der Waals surface area contributed by atoms with E-state index in [4.69, 9.17) is 5.73 Å². The Balaban J connectivity index is 1.61. The Bertz CT molecular complexity index is 891. The fourth-order valence-corrected chi connectivity index (χ4v) is 2.89. The van der Waals surface area contributed by atoms with Crippen LogP contribution in [0.1, 0.15) is 11.1 Å². The van der Waals surface area contributed by atoms with Crippen LogP contribution in [0.15, 0.2) is 47.6 Å². The fraction of sp³-hybridized carbons (Fsp3) is 0.0625. The first kappa shape index (κ1) is 15.1. The number of benzene rings is 2. The van der Waals surface area contributed by atoms with Crippen molar-refractivity contribution in [2.45, 2.75) is 6.42 Å². The smallest absolute Gasteiger partial charge is 0.244 e. The standard InChI is InChI=1S/C16H13FN4OS/c17-12-3-1-2-11(6-12)9-19-21-15(22)8-10-4-5-13-14(7-10)23-16(18)20-13/h1-7,9H,8H2,(H2,18,20)(H,21,22)/b19-9-. The number of anilines is 1. The third kappa shape index (κ3) is 3.89. The molecular formula is C16H13FN4OS. The van der Waals surface area contributed by atoms with Gasteiger partial charge >= 0.3 is 0 Å². The molecule has 0 spiro atoms. The Hall–Kier alpha value is -2.80. The van der Waals surface area contributed by atoms with Gasteiger partial charge in [0.15, 0.2) is 5.13 Å². The van der Waals surface area contributed by atoms with E-state index < -0.39 is 0 Å². The van der Waals surface area contributed by atoms with Gasteiger partial charge in [0.1, 0.15) is 5.82 Å². The minimum Gasteiger partial charge on any atom is -0.375 e. The zero-order chi connectivity index (χ0) is 16.2. The first-order chi connectivity index (χ1) is 11.1. The van der Waals surface area contributed by atoms with Gasteiger partial charge in [0.05, 0.1) is 22.9 Å². The maximum Gasteiger partial charge on any atom is 0.244 e. The molecule has 7 heteroatoms. The molecule has 3 rings (SSSR count). The van der Waals surface area contributed by atoms with Gasteiger partial charge in [0.2, 0.25) is 5.91 Å². The third-order valence-corrected chi connectivity index (χ3v) is 3.93. The Morgan fingerprint density at radius 3 is 3.04 bits per heavy atom. The molecule has 2 aromatic carbocycles. The summed E-state index contributed by atoms with van der Waals surface area (Å²) in [5.74, 6) is -0.605. The average molecular weight is 328 g/mol. The highest BCUT2D eigenvalue weighted by atomic mass is 32.1. The molecule has 1 heterocycles. The zero-order valence-corrected chi connectivity index (χ0v) is 12.8. The minimum atomic E-state index is -0.350. The molecule has 116 valence electrons. The SMILES string of the molecule is Nc1nc2ccc(CC(=O)N/N=C\c3cccc(F)c3)cc2s1. The molecule has 0 bridgehead atoms. The number of nitrogens with one attached hydrogen (secondary N) is 1. The summed E-state index contributed by atoms with van der Waals surface area (Å²) in [6.45, 7) is 0. The molecule has 0 unspecified atom stereocenters. The molecule has 5 nitrogen and oxygen atoms in total. The predicted octanol–water partition coefficient (Wildman–Crippen LogP) is 2.71. The number of hydrazone groups is 1. The summed E-state index contributed by atoms with van der Waals surface area (Å²) in [6, 6.07) is 11.5. The lowest BCUT2D eigenvalue weighted by molar-refractivity contribution is -0.120. The fourth-order valence-electron chi connectivity index (χ4n) is 2.09. The van der Waals surface area contributed by atoms with Crippen LogP contribution in [0.2, 0.25) is 0 Å². The van der Waals surface area contributed by atoms with Crippen LogP contribution in [0.5, 0.6) is 0 Å². The Labute approximate surface area is 135 Å². The predicted molar refractivity (Wildman–Crippen MR) is 89.9 cm³/mol. The highest BCUT2D eigenvalue weighted by molar-refractivity contribution is 7.22. The summed E-state index contributed by atoms with van der Waals surface area (Å²) in [6.07, 6.45) is 1.59. The van der Waals surface area contributed by atoms with Crippen molar-refractivity contribution in [1.29, 1.82) is 0 Å². The second kappa shape index (κ2) is 6.53. The summed E-state index contributed by atoms with van der Waals surface area (Å²) in [5, 5.41) is 4.33. The van der Waals surface area contributed by atoms with Crippen LogP contribution in [-0.2, 0) is 11.2 Å². The van der Waals surface area contributed by atoms with Crippen LogP contribution in [0.3, 0.4) is 0 Å². The van der Waals surface area contributed by atoms with Crippen LogP contribution >= 0.6 is 11.3 Å². The van der Waals surface area contributed by atoms with Crippen molar-refractivity contribution < 1.29 is 9.18 Å². The summed E-state index contributed by atoms with van der Waals surface area (Å²) in [4.78, 5) is 16.0. The molecular weight excluding hydrogens is 315 g/mol. The van der Waals surface area contributed by atoms with Crippen molar-refractivity contribution in [3.63, 3.8) is 0 Å². The molecule has 0 atom stereocenters. The summed E-state index contributed by atoms with van der Waals surface area (Å²) >= 11 is 1.38. The van der Waals surface area contributed by atoms with Crippen molar-refractivity contribution in [1.82, 2.24) is 10.4 Å². The number of hydrogen-bond acceptors (Lipinski definition) is 5. The van der Waals surface area contributed by atoms with E-state index in [0.29, 0.717) is 10.7 Å². The van der Waals surface area contributed by atoms with Crippen molar-refractivity contribution in [2.75, 3.05) is 5.73 Å². The first-order valence-electron chi connectivity index (χ1n) is 6.82. The molecule has 0 saturated heterocycles. The van der Waals surface area contributed by atoms with Gasteiger partial charge in [0, 0.05) is 0 Å². The van der Waals surface area contributed by atoms with Crippen LogP contribution in [0, 0.1) is 5.82 Å². The van der Waals surface area contributed by atoms with Crippen molar-refractivity contribution in [3.05, 3.63) is 59.4 Å². The van der Waals surface area contributed by atoms with E-state index in [1.807, 2.05) is 18.2 Å². The van der Waals surface area contributed by atoms with Crippen molar-refractivity contribution >= 4 is 38.8 Å². The number of carbonyl (C=O) groups is 1. The number of nitrogen functional groups attached to an aromatic ring is 1. The van der Waals surface area contributed by atoms with E-state index in [1.165, 1.54) is 29.7 Å². The molecule has 0 aliphatic rings. The molecule has 1 aromatic heterocycles. The molecule has 1 amide bonds. The van der Waals surface area contributed by atoms with Gasteiger partial charge in [-0.3, -0.25) is 4.79 Å². The first-order valence-corrected chi connectivity index (χ1v) is 7.64. The lowest BCUT2D eigenvalue weighted by Crippen LogP contribution is -2.19. The van der Waals surface area contributed by atoms with E-state index in [2.05, 4.69) is 15.5 Å². The van der Waals surface area contributed by atoms with Crippen molar-refractivity contribution in [2.24, 2.45) is 5.10 Å². The summed E-state index contributed by atoms with van der Waals surface area (Å²) in [7, 11) is 0. The number of rotatable bonds is 4. The topological polar surface area (TPSA) is 80.4 Å². The van der Waals surface area contributed by atoms with Gasteiger partial charge in [-0.15, -0.1) is 0 Å². The second-order valence-corrected chi connectivity index (χ2v) is 5.94. The number of nitrogens with two attached hydrogens (primary N) is 1. The molecule has 23 heavy (non-hydrogen) atoms. The third-order valence-electron chi connectivity index (χ3n) is 3.09. The lowest BCUT2D eigenvalue weighted by Gasteiger charge is -2.00. The molecule has 0 saturated carbocycles. The number of thiazole rings is 1. The lowest BCUT2D eigenvalue weighted by atomic mass is 10.1. The average Bonchev–Trinajstić information content (AvgIpc) is 2.86. The number of carbonyl (C=O) groups excluding carboxylic acids is 1. The van der Waals surface area contributed by atoms with E-state index in [-0.39, 0.29) is 18.1 Å². The van der Waals surface area contributed by atoms with Gasteiger partial charge in [-0.1, -0.05) is 29.5 Å². The highest BCUT2D eigenvalue weighted by Crippen LogP contribution is 2.24. The molecule has 0 aliphatic carbocycles. The highest BCUT2D eigenvalue weighted by Gasteiger charge is 2.06. The maximum atomic E-state index is 13.0. The molecule has 0 radical (unpaired) electrons. The molecule has 3 N–H and O–H groups in total. The molecule has 0 fully saturated rings. The second-order valence-electron chi connectivity index (χ2n) is 4.88. The van der Waals surface area contributed by atoms with Gasteiger partial charge in [0.25, 0.3) is 0 Å². The van der Waals surface area contributed by atoms with E-state index >= 15 is 0 Å². The Morgan fingerprint density at radius 2 is 2.22 bits per heavy atom. The Morgan fingerprint density at radius 1 is 1.35 bits per heavy atom. The van der Waals surface area contributed by atoms with Crippen LogP contribution in [0.4, 0.5) is 9.52 Å². The minimum absolute atomic E-state index is 0.189. The van der Waals surface area contributed by atoms with Crippen LogP contribution in [0.25, 0.3) is 10.2 Å². The van der Waals surface area contributed by atoms with E-state index in [9.17, 15) is 9.18 Å². The molecule has 0 aliphatic heterocycles. The summed E-state index contributed by atoms with van der Waals surface area (Å²) in [5.41, 5.74) is 10.3. The number of hydrogen-bond donors (Lipinski definition) is 2. The van der Waals surface area contributed by atoms with Gasteiger partial charge in [-0.25, -0.2) is 14.8 Å². The number of amides is 1. The number of fused-ring (bicyclic) bond motifs is 1. The largest absolute Gasteiger partial charge is 0.375 e. The van der Waals surface area contributed by atoms with Crippen LogP contribution < -0.4 is 11.2 Å². The number of aromatic nitrogens is 1. The van der Waals surface area contributed by atoms with E-state index in [0.717, 1.165) is 15.8 Å². The monoisotopic (exact) mass is 328 g/mol. The Kier molecular flexibility index (Phi) is 4.29. The normalized spacial score (nSPS) is 11.2. The summed E-state index contributed by atoms with van der Waals surface area (Å²) < 4.78 is 13.9. The molecule has 3 aromatic rings. The van der Waals surface area contributed by atoms with Gasteiger partial charge in [-0.05, 0) is 35.4 Å². The van der Waals surface area contributed by atoms with Gasteiger partial charge in [-0.2, -0.15) is 5.10 Å².